The summed E-state index contributed by atoms with van der Waals surface area (Å²) in [5.74, 6) is 0.730. The number of hydrogen-bond acceptors (Lipinski definition) is 1. The molecule has 35 heavy (non-hydrogen) atoms. The molecule has 174 valence electrons. The van der Waals surface area contributed by atoms with Crippen molar-refractivity contribution in [3.8, 4) is 5.75 Å². The zero-order valence-electron chi connectivity index (χ0n) is 19.0. The molecule has 5 aromatic carbocycles. The normalized spacial score (nSPS) is 12.7. The van der Waals surface area contributed by atoms with Crippen molar-refractivity contribution in [2.24, 2.45) is 0 Å². The number of hydrogen-bond donors (Lipinski definition) is 0. The molecule has 0 aliphatic carbocycles. The van der Waals surface area contributed by atoms with Gasteiger partial charge in [-0.15, -0.1) is 0 Å². The molecular formula is C31H25BrClOP. The zero-order chi connectivity index (χ0) is 23.3. The summed E-state index contributed by atoms with van der Waals surface area (Å²) in [7, 11) is -2.62. The summed E-state index contributed by atoms with van der Waals surface area (Å²) >= 11 is 7.95. The molecule has 0 spiro atoms. The minimum Gasteiger partial charge on any atom is -1.00 e. The quantitative estimate of drug-likeness (QED) is 0.215. The van der Waals surface area contributed by atoms with E-state index >= 15 is 0 Å². The molecule has 0 N–H and O–H groups in total. The molecule has 0 fully saturated rings. The Balaban J connectivity index is 0.00000289. The number of benzene rings is 5. The standard InChI is InChI=1S/C31H25ClOP.BrH/c32-31(26-16-6-1-7-17-26,33-27-18-8-2-9-19-27)34(28-20-10-3-11-21-28,29-22-12-4-13-23-29)30-24-14-5-15-25-30;/h1-25H;1H/q+1;/p-1. The lowest BCUT2D eigenvalue weighted by molar-refractivity contribution is -0.00000705. The van der Waals surface area contributed by atoms with Gasteiger partial charge in [0.15, 0.2) is 7.26 Å². The molecule has 1 atom stereocenters. The van der Waals surface area contributed by atoms with Gasteiger partial charge in [-0.2, -0.15) is 0 Å². The average molecular weight is 560 g/mol. The molecule has 5 aromatic rings. The van der Waals surface area contributed by atoms with E-state index in [2.05, 4.69) is 84.9 Å². The van der Waals surface area contributed by atoms with Crippen molar-refractivity contribution in [2.75, 3.05) is 0 Å². The summed E-state index contributed by atoms with van der Waals surface area (Å²) in [6.45, 7) is 0. The number of alkyl halides is 1. The van der Waals surface area contributed by atoms with E-state index in [4.69, 9.17) is 16.3 Å². The van der Waals surface area contributed by atoms with Crippen LogP contribution in [0.25, 0.3) is 0 Å². The van der Waals surface area contributed by atoms with Crippen molar-refractivity contribution in [1.82, 2.24) is 0 Å². The van der Waals surface area contributed by atoms with Gasteiger partial charge >= 0.3 is 4.80 Å². The molecule has 0 saturated carbocycles. The van der Waals surface area contributed by atoms with Crippen LogP contribution < -0.4 is 37.6 Å². The summed E-state index contributed by atoms with van der Waals surface area (Å²) in [6.07, 6.45) is 0. The van der Waals surface area contributed by atoms with E-state index in [0.717, 1.165) is 27.2 Å². The second kappa shape index (κ2) is 11.2. The van der Waals surface area contributed by atoms with Crippen LogP contribution in [0.5, 0.6) is 5.75 Å². The third-order valence-corrected chi connectivity index (χ3v) is 11.5. The van der Waals surface area contributed by atoms with Gasteiger partial charge in [0.25, 0.3) is 0 Å². The Bertz CT molecular complexity index is 1220. The third-order valence-electron chi connectivity index (χ3n) is 5.99. The van der Waals surface area contributed by atoms with Gasteiger partial charge in [0.1, 0.15) is 21.7 Å². The third kappa shape index (κ3) is 4.67. The van der Waals surface area contributed by atoms with Gasteiger partial charge in [-0.1, -0.05) is 91.0 Å². The van der Waals surface area contributed by atoms with Crippen molar-refractivity contribution in [2.45, 2.75) is 4.80 Å². The van der Waals surface area contributed by atoms with Gasteiger partial charge in [-0.3, -0.25) is 0 Å². The van der Waals surface area contributed by atoms with Crippen molar-refractivity contribution >= 4 is 34.8 Å². The van der Waals surface area contributed by atoms with E-state index in [1.54, 1.807) is 0 Å². The van der Waals surface area contributed by atoms with Crippen LogP contribution in [0.2, 0.25) is 0 Å². The van der Waals surface area contributed by atoms with Crippen molar-refractivity contribution < 1.29 is 21.7 Å². The average Bonchev–Trinajstić information content (AvgIpc) is 2.92. The van der Waals surface area contributed by atoms with Gasteiger partial charge in [-0.05, 0) is 72.3 Å². The maximum atomic E-state index is 7.95. The van der Waals surface area contributed by atoms with Crippen molar-refractivity contribution in [3.05, 3.63) is 157 Å². The van der Waals surface area contributed by atoms with Crippen LogP contribution in [0.15, 0.2) is 152 Å². The second-order valence-electron chi connectivity index (χ2n) is 8.02. The summed E-state index contributed by atoms with van der Waals surface area (Å²) in [5, 5.41) is 3.46. The Morgan fingerprint density at radius 3 is 1.14 bits per heavy atom. The van der Waals surface area contributed by atoms with Gasteiger partial charge in [-0.25, -0.2) is 0 Å². The molecule has 0 radical (unpaired) electrons. The van der Waals surface area contributed by atoms with E-state index in [9.17, 15) is 0 Å². The summed E-state index contributed by atoms with van der Waals surface area (Å²) in [4.78, 5) is -1.19. The largest absolute Gasteiger partial charge is 1.00 e. The topological polar surface area (TPSA) is 9.23 Å². The molecule has 4 heteroatoms. The van der Waals surface area contributed by atoms with Crippen LogP contribution in [0.1, 0.15) is 5.56 Å². The van der Waals surface area contributed by atoms with E-state index in [0.29, 0.717) is 0 Å². The highest BCUT2D eigenvalue weighted by molar-refractivity contribution is 7.97. The molecule has 0 saturated heterocycles. The van der Waals surface area contributed by atoms with E-state index in [1.165, 1.54) is 0 Å². The first-order chi connectivity index (χ1) is 16.7. The Morgan fingerprint density at radius 2 is 0.771 bits per heavy atom. The summed E-state index contributed by atoms with van der Waals surface area (Å²) in [5.41, 5.74) is 0.922. The van der Waals surface area contributed by atoms with Crippen molar-refractivity contribution in [1.29, 1.82) is 0 Å². The molecule has 0 aliphatic heterocycles. The van der Waals surface area contributed by atoms with Crippen molar-refractivity contribution in [3.63, 3.8) is 0 Å². The minimum atomic E-state index is -2.62. The monoisotopic (exact) mass is 558 g/mol. The lowest BCUT2D eigenvalue weighted by Gasteiger charge is -2.40. The Hall–Kier alpha value is -2.90. The molecule has 5 rings (SSSR count). The molecular weight excluding hydrogens is 535 g/mol. The highest BCUT2D eigenvalue weighted by atomic mass is 79.9. The number of rotatable bonds is 7. The first-order valence-corrected chi connectivity index (χ1v) is 13.5. The maximum absolute atomic E-state index is 7.95. The Labute approximate surface area is 223 Å². The summed E-state index contributed by atoms with van der Waals surface area (Å²) < 4.78 is 6.93. The lowest BCUT2D eigenvalue weighted by Crippen LogP contribution is -3.00. The van der Waals surface area contributed by atoms with Gasteiger partial charge in [0.2, 0.25) is 0 Å². The molecule has 0 heterocycles. The smallest absolute Gasteiger partial charge is 0.331 e. The Kier molecular flexibility index (Phi) is 8.08. The zero-order valence-corrected chi connectivity index (χ0v) is 22.3. The predicted octanol–water partition coefficient (Wildman–Crippen LogP) is 4.11. The van der Waals surface area contributed by atoms with Crippen LogP contribution in [0.4, 0.5) is 0 Å². The van der Waals surface area contributed by atoms with Crippen LogP contribution in [0.3, 0.4) is 0 Å². The lowest BCUT2D eigenvalue weighted by atomic mass is 10.2. The van der Waals surface area contributed by atoms with Gasteiger partial charge in [0.05, 0.1) is 5.56 Å². The predicted molar refractivity (Wildman–Crippen MR) is 146 cm³/mol. The molecule has 1 nitrogen and oxygen atoms in total. The van der Waals surface area contributed by atoms with Gasteiger partial charge in [0, 0.05) is 0 Å². The molecule has 1 unspecified atom stereocenters. The first kappa shape index (κ1) is 25.2. The molecule has 0 aromatic heterocycles. The maximum Gasteiger partial charge on any atom is 0.331 e. The van der Waals surface area contributed by atoms with Gasteiger partial charge < -0.3 is 21.7 Å². The number of para-hydroxylation sites is 1. The first-order valence-electron chi connectivity index (χ1n) is 11.3. The highest BCUT2D eigenvalue weighted by Crippen LogP contribution is 2.72. The second-order valence-corrected chi connectivity index (χ2v) is 12.3. The highest BCUT2D eigenvalue weighted by Gasteiger charge is 2.66. The van der Waals surface area contributed by atoms with Crippen LogP contribution in [-0.2, 0) is 4.80 Å². The SMILES string of the molecule is ClC(Oc1ccccc1)(c1ccccc1)[P+](c1ccccc1)(c1ccccc1)c1ccccc1.[Br-]. The van der Waals surface area contributed by atoms with E-state index < -0.39 is 12.1 Å². The van der Waals surface area contributed by atoms with Crippen LogP contribution >= 0.6 is 18.9 Å². The molecule has 0 bridgehead atoms. The molecule has 0 aliphatic rings. The minimum absolute atomic E-state index is 0. The fourth-order valence-corrected chi connectivity index (χ4v) is 10.1. The van der Waals surface area contributed by atoms with Crippen LogP contribution in [0, 0.1) is 0 Å². The molecule has 0 amide bonds. The number of ether oxygens (including phenoxy) is 1. The van der Waals surface area contributed by atoms with Crippen LogP contribution in [-0.4, -0.2) is 0 Å². The number of halogens is 2. The Morgan fingerprint density at radius 1 is 0.457 bits per heavy atom. The fraction of sp³-hybridized carbons (Fsp3) is 0.0323. The van der Waals surface area contributed by atoms with E-state index in [-0.39, 0.29) is 17.0 Å². The van der Waals surface area contributed by atoms with E-state index in [1.807, 2.05) is 66.7 Å². The summed E-state index contributed by atoms with van der Waals surface area (Å²) in [6, 6.07) is 51.8. The fourth-order valence-electron chi connectivity index (χ4n) is 4.51.